The molecule has 3 heterocycles. The fourth-order valence-electron chi connectivity index (χ4n) is 5.03. The summed E-state index contributed by atoms with van der Waals surface area (Å²) in [5, 5.41) is 4.01. The van der Waals surface area contributed by atoms with Crippen molar-refractivity contribution in [1.82, 2.24) is 14.4 Å². The molecule has 1 aromatic heterocycles. The quantitative estimate of drug-likeness (QED) is 0.424. The molecule has 0 spiro atoms. The summed E-state index contributed by atoms with van der Waals surface area (Å²) in [6, 6.07) is 13.5. The molecule has 0 bridgehead atoms. The molecule has 0 amide bonds. The SMILES string of the molecule is CS(=O)(=O)c1cc(CN2Cc3ccc(-c4ccon4)cc3C2)ccc1OCC1CCN(S(C)(=O)=O)CC1. The molecule has 0 atom stereocenters. The Morgan fingerprint density at radius 3 is 2.41 bits per heavy atom. The third-order valence-electron chi connectivity index (χ3n) is 7.06. The summed E-state index contributed by atoms with van der Waals surface area (Å²) in [4.78, 5) is 2.46. The maximum Gasteiger partial charge on any atom is 0.211 e. The van der Waals surface area contributed by atoms with Crippen LogP contribution in [0, 0.1) is 5.92 Å². The van der Waals surface area contributed by atoms with E-state index >= 15 is 0 Å². The third-order valence-corrected chi connectivity index (χ3v) is 9.48. The van der Waals surface area contributed by atoms with E-state index in [4.69, 9.17) is 9.26 Å². The van der Waals surface area contributed by atoms with Gasteiger partial charge in [-0.25, -0.2) is 21.1 Å². The number of benzene rings is 2. The summed E-state index contributed by atoms with van der Waals surface area (Å²) in [5.74, 6) is 0.522. The van der Waals surface area contributed by atoms with E-state index < -0.39 is 19.9 Å². The lowest BCUT2D eigenvalue weighted by Crippen LogP contribution is -2.39. The predicted molar refractivity (Wildman–Crippen MR) is 139 cm³/mol. The molecular weight excluding hydrogens is 514 g/mol. The second kappa shape index (κ2) is 10.2. The van der Waals surface area contributed by atoms with Crippen molar-refractivity contribution in [3.8, 4) is 17.0 Å². The maximum absolute atomic E-state index is 12.6. The largest absolute Gasteiger partial charge is 0.492 e. The molecule has 2 aromatic carbocycles. The van der Waals surface area contributed by atoms with Gasteiger partial charge in [0.2, 0.25) is 10.0 Å². The molecule has 9 nitrogen and oxygen atoms in total. The molecule has 1 fully saturated rings. The normalized spacial score (nSPS) is 17.7. The van der Waals surface area contributed by atoms with Gasteiger partial charge in [0, 0.05) is 50.6 Å². The van der Waals surface area contributed by atoms with Gasteiger partial charge in [-0.05, 0) is 53.6 Å². The number of hydrogen-bond donors (Lipinski definition) is 0. The first-order chi connectivity index (χ1) is 17.6. The van der Waals surface area contributed by atoms with Crippen LogP contribution in [0.2, 0.25) is 0 Å². The highest BCUT2D eigenvalue weighted by molar-refractivity contribution is 7.90. The Morgan fingerprint density at radius 2 is 1.73 bits per heavy atom. The van der Waals surface area contributed by atoms with E-state index in [-0.39, 0.29) is 10.8 Å². The van der Waals surface area contributed by atoms with Crippen molar-refractivity contribution in [2.75, 3.05) is 32.2 Å². The number of piperidine rings is 1. The summed E-state index contributed by atoms with van der Waals surface area (Å²) in [6.45, 7) is 3.44. The van der Waals surface area contributed by atoms with Crippen molar-refractivity contribution in [2.24, 2.45) is 5.92 Å². The summed E-state index contributed by atoms with van der Waals surface area (Å²) in [6.07, 6.45) is 5.35. The zero-order valence-electron chi connectivity index (χ0n) is 21.0. The van der Waals surface area contributed by atoms with Crippen LogP contribution in [0.15, 0.2) is 58.1 Å². The van der Waals surface area contributed by atoms with Crippen molar-refractivity contribution in [2.45, 2.75) is 37.4 Å². The first-order valence-corrected chi connectivity index (χ1v) is 16.0. The molecule has 5 rings (SSSR count). The molecule has 1 saturated heterocycles. The van der Waals surface area contributed by atoms with Crippen LogP contribution in [0.1, 0.15) is 29.5 Å². The van der Waals surface area contributed by atoms with Gasteiger partial charge in [0.1, 0.15) is 22.6 Å². The van der Waals surface area contributed by atoms with Crippen molar-refractivity contribution in [1.29, 1.82) is 0 Å². The van der Waals surface area contributed by atoms with Crippen molar-refractivity contribution in [3.63, 3.8) is 0 Å². The van der Waals surface area contributed by atoms with E-state index in [1.165, 1.54) is 27.9 Å². The van der Waals surface area contributed by atoms with Crippen LogP contribution in [-0.4, -0.2) is 63.4 Å². The lowest BCUT2D eigenvalue weighted by molar-refractivity contribution is 0.183. The number of aromatic nitrogens is 1. The predicted octanol–water partition coefficient (Wildman–Crippen LogP) is 3.31. The van der Waals surface area contributed by atoms with Gasteiger partial charge in [-0.3, -0.25) is 4.90 Å². The standard InChI is InChI=1S/C26H31N3O6S2/c1-36(30,31)26-13-20(3-6-25(26)34-18-19-7-10-29(11-8-19)37(2,32)33)15-28-16-22-5-4-21(14-23(22)17-28)24-9-12-35-27-24/h3-6,9,12-14,19H,7-8,10-11,15-18H2,1-2H3. The minimum Gasteiger partial charge on any atom is -0.492 e. The molecule has 0 saturated carbocycles. The lowest BCUT2D eigenvalue weighted by Gasteiger charge is -2.30. The molecule has 37 heavy (non-hydrogen) atoms. The van der Waals surface area contributed by atoms with E-state index in [2.05, 4.69) is 22.2 Å². The molecule has 0 aliphatic carbocycles. The van der Waals surface area contributed by atoms with Gasteiger partial charge in [-0.2, -0.15) is 0 Å². The Hall–Kier alpha value is -2.73. The number of sulfonamides is 1. The molecule has 3 aromatic rings. The van der Waals surface area contributed by atoms with E-state index in [1.807, 2.05) is 18.2 Å². The highest BCUT2D eigenvalue weighted by atomic mass is 32.2. The summed E-state index contributed by atoms with van der Waals surface area (Å²) < 4.78 is 61.1. The highest BCUT2D eigenvalue weighted by Gasteiger charge is 2.26. The summed E-state index contributed by atoms with van der Waals surface area (Å²) in [5.41, 5.74) is 5.19. The topological polar surface area (TPSA) is 110 Å². The zero-order chi connectivity index (χ0) is 26.2. The van der Waals surface area contributed by atoms with E-state index in [1.54, 1.807) is 18.4 Å². The monoisotopic (exact) mass is 545 g/mol. The second-order valence-corrected chi connectivity index (χ2v) is 13.9. The van der Waals surface area contributed by atoms with E-state index in [0.29, 0.717) is 44.8 Å². The van der Waals surface area contributed by atoms with Gasteiger partial charge in [-0.15, -0.1) is 0 Å². The van der Waals surface area contributed by atoms with E-state index in [0.717, 1.165) is 29.9 Å². The van der Waals surface area contributed by atoms with Gasteiger partial charge in [0.15, 0.2) is 9.84 Å². The average molecular weight is 546 g/mol. The van der Waals surface area contributed by atoms with Crippen LogP contribution in [0.3, 0.4) is 0 Å². The Labute approximate surface area is 218 Å². The smallest absolute Gasteiger partial charge is 0.211 e. The Bertz CT molecular complexity index is 1480. The maximum atomic E-state index is 12.6. The first-order valence-electron chi connectivity index (χ1n) is 12.2. The number of fused-ring (bicyclic) bond motifs is 1. The van der Waals surface area contributed by atoms with Gasteiger partial charge in [0.25, 0.3) is 0 Å². The Morgan fingerprint density at radius 1 is 0.973 bits per heavy atom. The number of ether oxygens (including phenoxy) is 1. The van der Waals surface area contributed by atoms with Crippen LogP contribution in [-0.2, 0) is 39.5 Å². The van der Waals surface area contributed by atoms with Crippen LogP contribution in [0.5, 0.6) is 5.75 Å². The van der Waals surface area contributed by atoms with Gasteiger partial charge in [0.05, 0.1) is 12.9 Å². The number of rotatable bonds is 8. The Kier molecular flexibility index (Phi) is 7.14. The number of sulfone groups is 1. The van der Waals surface area contributed by atoms with Crippen molar-refractivity contribution >= 4 is 19.9 Å². The molecule has 0 radical (unpaired) electrons. The van der Waals surface area contributed by atoms with Crippen molar-refractivity contribution < 1.29 is 26.1 Å². The summed E-state index contributed by atoms with van der Waals surface area (Å²) in [7, 11) is -6.69. The molecular formula is C26H31N3O6S2. The van der Waals surface area contributed by atoms with Crippen LogP contribution < -0.4 is 4.74 Å². The number of hydrogen-bond acceptors (Lipinski definition) is 8. The first kappa shape index (κ1) is 25.9. The summed E-state index contributed by atoms with van der Waals surface area (Å²) >= 11 is 0. The van der Waals surface area contributed by atoms with Crippen LogP contribution in [0.25, 0.3) is 11.3 Å². The fourth-order valence-corrected chi connectivity index (χ4v) is 6.76. The fraction of sp³-hybridized carbons (Fsp3) is 0.423. The minimum absolute atomic E-state index is 0.176. The van der Waals surface area contributed by atoms with Gasteiger partial charge in [-0.1, -0.05) is 23.4 Å². The second-order valence-electron chi connectivity index (χ2n) is 9.98. The molecule has 0 N–H and O–H groups in total. The van der Waals surface area contributed by atoms with E-state index in [9.17, 15) is 16.8 Å². The molecule has 11 heteroatoms. The van der Waals surface area contributed by atoms with Gasteiger partial charge >= 0.3 is 0 Å². The van der Waals surface area contributed by atoms with Crippen LogP contribution in [0.4, 0.5) is 0 Å². The molecule has 198 valence electrons. The van der Waals surface area contributed by atoms with Gasteiger partial charge < -0.3 is 9.26 Å². The lowest BCUT2D eigenvalue weighted by atomic mass is 9.99. The Balaban J connectivity index is 1.24. The molecule has 2 aliphatic rings. The zero-order valence-corrected chi connectivity index (χ0v) is 22.6. The number of nitrogens with zero attached hydrogens (tertiary/aromatic N) is 3. The molecule has 0 unspecified atom stereocenters. The van der Waals surface area contributed by atoms with Crippen LogP contribution >= 0.6 is 0 Å². The highest BCUT2D eigenvalue weighted by Crippen LogP contribution is 2.31. The average Bonchev–Trinajstić information content (AvgIpc) is 3.51. The van der Waals surface area contributed by atoms with Crippen molar-refractivity contribution in [3.05, 3.63) is 65.4 Å². The molecule has 2 aliphatic heterocycles. The third kappa shape index (κ3) is 6.06. The minimum atomic E-state index is -3.50.